The van der Waals surface area contributed by atoms with Crippen LogP contribution in [-0.2, 0) is 20.7 Å². The highest BCUT2D eigenvalue weighted by atomic mass is 16.5. The van der Waals surface area contributed by atoms with E-state index < -0.39 is 5.97 Å². The van der Waals surface area contributed by atoms with Crippen LogP contribution in [0.5, 0.6) is 0 Å². The highest BCUT2D eigenvalue weighted by molar-refractivity contribution is 5.80. The molecular formula is C19H23N3O5. The van der Waals surface area contributed by atoms with Crippen molar-refractivity contribution in [1.82, 2.24) is 15.0 Å². The first kappa shape index (κ1) is 19.0. The lowest BCUT2D eigenvalue weighted by atomic mass is 10.1. The van der Waals surface area contributed by atoms with Crippen molar-refractivity contribution >= 4 is 11.9 Å². The van der Waals surface area contributed by atoms with Crippen LogP contribution < -0.4 is 0 Å². The number of hydrogen-bond acceptors (Lipinski definition) is 6. The van der Waals surface area contributed by atoms with Crippen LogP contribution >= 0.6 is 0 Å². The molecule has 0 unspecified atom stereocenters. The van der Waals surface area contributed by atoms with Gasteiger partial charge in [0, 0.05) is 19.4 Å². The van der Waals surface area contributed by atoms with Crippen molar-refractivity contribution in [3.05, 3.63) is 35.3 Å². The Kier molecular flexibility index (Phi) is 5.85. The summed E-state index contributed by atoms with van der Waals surface area (Å²) in [4.78, 5) is 29.3. The van der Waals surface area contributed by atoms with Gasteiger partial charge in [0.15, 0.2) is 0 Å². The van der Waals surface area contributed by atoms with Crippen molar-refractivity contribution in [2.24, 2.45) is 0 Å². The van der Waals surface area contributed by atoms with Gasteiger partial charge >= 0.3 is 5.97 Å². The van der Waals surface area contributed by atoms with E-state index in [1.165, 1.54) is 0 Å². The summed E-state index contributed by atoms with van der Waals surface area (Å²) in [5.74, 6) is -0.365. The lowest BCUT2D eigenvalue weighted by molar-refractivity contribution is -0.144. The number of pyridine rings is 1. The lowest BCUT2D eigenvalue weighted by Gasteiger charge is -2.32. The molecule has 1 aliphatic rings. The van der Waals surface area contributed by atoms with Crippen molar-refractivity contribution in [3.8, 4) is 11.3 Å². The van der Waals surface area contributed by atoms with Gasteiger partial charge in [0.1, 0.15) is 11.9 Å². The molecule has 1 saturated heterocycles. The summed E-state index contributed by atoms with van der Waals surface area (Å²) >= 11 is 0. The Morgan fingerprint density at radius 2 is 2.15 bits per heavy atom. The van der Waals surface area contributed by atoms with Crippen molar-refractivity contribution < 1.29 is 24.0 Å². The minimum absolute atomic E-state index is 0.00470. The van der Waals surface area contributed by atoms with Crippen LogP contribution in [0.1, 0.15) is 43.0 Å². The van der Waals surface area contributed by atoms with Gasteiger partial charge in [0.25, 0.3) is 0 Å². The molecule has 1 atom stereocenters. The number of ether oxygens (including phenoxy) is 1. The minimum atomic E-state index is -0.974. The summed E-state index contributed by atoms with van der Waals surface area (Å²) in [6.45, 7) is 5.09. The molecule has 8 heteroatoms. The third-order valence-electron chi connectivity index (χ3n) is 4.58. The number of aromatic nitrogens is 2. The molecule has 2 aromatic rings. The Labute approximate surface area is 157 Å². The Bertz CT molecular complexity index is 833. The zero-order valence-corrected chi connectivity index (χ0v) is 15.5. The fourth-order valence-electron chi connectivity index (χ4n) is 3.18. The Balaban J connectivity index is 1.77. The van der Waals surface area contributed by atoms with E-state index in [0.29, 0.717) is 26.1 Å². The van der Waals surface area contributed by atoms with Crippen molar-refractivity contribution in [1.29, 1.82) is 0 Å². The fraction of sp³-hybridized carbons (Fsp3) is 0.474. The minimum Gasteiger partial charge on any atom is -0.481 e. The van der Waals surface area contributed by atoms with Crippen LogP contribution in [0.2, 0.25) is 0 Å². The molecule has 3 rings (SSSR count). The summed E-state index contributed by atoms with van der Waals surface area (Å²) in [5, 5.41) is 12.8. The van der Waals surface area contributed by atoms with Gasteiger partial charge in [-0.05, 0) is 19.1 Å². The summed E-state index contributed by atoms with van der Waals surface area (Å²) in [5.41, 5.74) is 3.17. The number of hydrogen-bond donors (Lipinski definition) is 1. The van der Waals surface area contributed by atoms with Gasteiger partial charge in [0.05, 0.1) is 42.2 Å². The van der Waals surface area contributed by atoms with E-state index in [2.05, 4.69) is 5.16 Å². The molecule has 0 aromatic carbocycles. The quantitative estimate of drug-likeness (QED) is 0.828. The molecule has 2 aromatic heterocycles. The lowest BCUT2D eigenvalue weighted by Crippen LogP contribution is -2.42. The normalized spacial score (nSPS) is 17.1. The van der Waals surface area contributed by atoms with E-state index >= 15 is 0 Å². The second-order valence-electron chi connectivity index (χ2n) is 6.46. The summed E-state index contributed by atoms with van der Waals surface area (Å²) < 4.78 is 11.2. The third kappa shape index (κ3) is 4.33. The van der Waals surface area contributed by atoms with E-state index in [4.69, 9.17) is 19.4 Å². The van der Waals surface area contributed by atoms with Gasteiger partial charge in [-0.3, -0.25) is 9.59 Å². The monoisotopic (exact) mass is 373 g/mol. The molecule has 1 aliphatic heterocycles. The number of carboxylic acids is 1. The van der Waals surface area contributed by atoms with E-state index in [9.17, 15) is 9.59 Å². The number of carbonyl (C=O) groups excluding carboxylic acids is 1. The van der Waals surface area contributed by atoms with E-state index in [1.807, 2.05) is 32.0 Å². The van der Waals surface area contributed by atoms with Gasteiger partial charge < -0.3 is 19.3 Å². The average molecular weight is 373 g/mol. The van der Waals surface area contributed by atoms with Crippen LogP contribution in [0.3, 0.4) is 0 Å². The van der Waals surface area contributed by atoms with Crippen molar-refractivity contribution in [2.75, 3.05) is 19.7 Å². The predicted molar refractivity (Wildman–Crippen MR) is 96.0 cm³/mol. The zero-order valence-electron chi connectivity index (χ0n) is 15.5. The average Bonchev–Trinajstić information content (AvgIpc) is 3.07. The number of amides is 1. The highest BCUT2D eigenvalue weighted by Crippen LogP contribution is 2.29. The third-order valence-corrected chi connectivity index (χ3v) is 4.58. The Hall–Kier alpha value is -2.74. The first-order valence-corrected chi connectivity index (χ1v) is 9.03. The summed E-state index contributed by atoms with van der Waals surface area (Å²) in [6.07, 6.45) is 0.197. The fourth-order valence-corrected chi connectivity index (χ4v) is 3.18. The molecule has 0 aliphatic carbocycles. The van der Waals surface area contributed by atoms with Crippen LogP contribution in [0.4, 0.5) is 0 Å². The Morgan fingerprint density at radius 1 is 1.33 bits per heavy atom. The predicted octanol–water partition coefficient (Wildman–Crippen LogP) is 2.37. The number of aryl methyl sites for hydroxylation is 2. The maximum Gasteiger partial charge on any atom is 0.303 e. The molecule has 8 nitrogen and oxygen atoms in total. The number of aliphatic carboxylic acids is 1. The molecule has 27 heavy (non-hydrogen) atoms. The Morgan fingerprint density at radius 3 is 2.89 bits per heavy atom. The molecular weight excluding hydrogens is 350 g/mol. The SMILES string of the molecule is CCc1onc(C)c1-c1cccc([C@H]2CN(C(=O)CCC(=O)O)CCO2)n1. The number of rotatable bonds is 6. The second-order valence-corrected chi connectivity index (χ2v) is 6.46. The molecule has 3 heterocycles. The van der Waals surface area contributed by atoms with Crippen LogP contribution in [0.25, 0.3) is 11.3 Å². The largest absolute Gasteiger partial charge is 0.481 e. The van der Waals surface area contributed by atoms with Gasteiger partial charge in [-0.2, -0.15) is 0 Å². The van der Waals surface area contributed by atoms with Crippen LogP contribution in [-0.4, -0.2) is 51.7 Å². The standard InChI is InChI=1S/C19H23N3O5/c1-3-15-19(12(2)21-27-15)14-6-4-5-13(20-14)16-11-22(9-10-26-16)17(23)7-8-18(24)25/h4-6,16H,3,7-11H2,1-2H3,(H,24,25)/t16-/m1/s1. The van der Waals surface area contributed by atoms with Gasteiger partial charge in [-0.1, -0.05) is 18.1 Å². The smallest absolute Gasteiger partial charge is 0.303 e. The van der Waals surface area contributed by atoms with E-state index in [0.717, 1.165) is 28.4 Å². The highest BCUT2D eigenvalue weighted by Gasteiger charge is 2.27. The molecule has 0 bridgehead atoms. The molecule has 1 amide bonds. The first-order valence-electron chi connectivity index (χ1n) is 9.03. The maximum atomic E-state index is 12.2. The maximum absolute atomic E-state index is 12.2. The molecule has 1 N–H and O–H groups in total. The number of nitrogens with zero attached hydrogens (tertiary/aromatic N) is 3. The topological polar surface area (TPSA) is 106 Å². The number of carboxylic acid groups (broad SMARTS) is 1. The van der Waals surface area contributed by atoms with Crippen molar-refractivity contribution in [2.45, 2.75) is 39.2 Å². The van der Waals surface area contributed by atoms with Gasteiger partial charge in [-0.15, -0.1) is 0 Å². The number of morpholine rings is 1. The summed E-state index contributed by atoms with van der Waals surface area (Å²) in [6, 6.07) is 5.67. The first-order chi connectivity index (χ1) is 13.0. The van der Waals surface area contributed by atoms with E-state index in [-0.39, 0.29) is 24.9 Å². The van der Waals surface area contributed by atoms with Crippen LogP contribution in [0.15, 0.2) is 22.7 Å². The van der Waals surface area contributed by atoms with Gasteiger partial charge in [-0.25, -0.2) is 4.98 Å². The van der Waals surface area contributed by atoms with Crippen LogP contribution in [0, 0.1) is 6.92 Å². The molecule has 0 radical (unpaired) electrons. The molecule has 0 spiro atoms. The van der Waals surface area contributed by atoms with Crippen molar-refractivity contribution in [3.63, 3.8) is 0 Å². The second kappa shape index (κ2) is 8.30. The van der Waals surface area contributed by atoms with E-state index in [1.54, 1.807) is 4.90 Å². The summed E-state index contributed by atoms with van der Waals surface area (Å²) in [7, 11) is 0. The molecule has 1 fully saturated rings. The van der Waals surface area contributed by atoms with Gasteiger partial charge in [0.2, 0.25) is 5.91 Å². The zero-order chi connectivity index (χ0) is 19.4. The molecule has 144 valence electrons. The number of carbonyl (C=O) groups is 2. The molecule has 0 saturated carbocycles.